The smallest absolute Gasteiger partial charge is 0.0734 e. The Bertz CT molecular complexity index is 469. The third-order valence-electron chi connectivity index (χ3n) is 3.09. The summed E-state index contributed by atoms with van der Waals surface area (Å²) in [7, 11) is 0. The Morgan fingerprint density at radius 3 is 2.87 bits per heavy atom. The standard InChI is InChI=1S/C13H14N2/c1-3-11-5-2-6-15-13(11)12(4-1)7-10-8-14-9-10/h1-6,10,14H,7-9H2. The van der Waals surface area contributed by atoms with Gasteiger partial charge in [0.15, 0.2) is 0 Å². The van der Waals surface area contributed by atoms with Crippen LogP contribution in [0.5, 0.6) is 0 Å². The summed E-state index contributed by atoms with van der Waals surface area (Å²) in [5.74, 6) is 0.803. The third-order valence-corrected chi connectivity index (χ3v) is 3.09. The Hall–Kier alpha value is -1.41. The maximum atomic E-state index is 4.47. The summed E-state index contributed by atoms with van der Waals surface area (Å²) in [6.45, 7) is 2.31. The maximum Gasteiger partial charge on any atom is 0.0734 e. The van der Waals surface area contributed by atoms with Crippen molar-refractivity contribution in [3.63, 3.8) is 0 Å². The van der Waals surface area contributed by atoms with E-state index in [1.54, 1.807) is 0 Å². The van der Waals surface area contributed by atoms with Crippen molar-refractivity contribution in [3.8, 4) is 0 Å². The lowest BCUT2D eigenvalue weighted by Crippen LogP contribution is -2.43. The van der Waals surface area contributed by atoms with Crippen molar-refractivity contribution in [2.45, 2.75) is 6.42 Å². The van der Waals surface area contributed by atoms with Gasteiger partial charge in [0.1, 0.15) is 0 Å². The SMILES string of the molecule is c1cnc2c(CC3CNC3)cccc2c1. The molecule has 0 radical (unpaired) electrons. The number of nitrogens with zero attached hydrogens (tertiary/aromatic N) is 1. The summed E-state index contributed by atoms with van der Waals surface area (Å²) in [6.07, 6.45) is 3.03. The van der Waals surface area contributed by atoms with Crippen LogP contribution >= 0.6 is 0 Å². The highest BCUT2D eigenvalue weighted by Crippen LogP contribution is 2.20. The Morgan fingerprint density at radius 1 is 1.20 bits per heavy atom. The Kier molecular flexibility index (Phi) is 2.14. The summed E-state index contributed by atoms with van der Waals surface area (Å²) in [5, 5.41) is 4.56. The molecule has 2 heteroatoms. The van der Waals surface area contributed by atoms with Crippen molar-refractivity contribution in [1.82, 2.24) is 10.3 Å². The average Bonchev–Trinajstić information content (AvgIpc) is 2.23. The first-order valence-electron chi connectivity index (χ1n) is 5.47. The Balaban J connectivity index is 2.01. The molecule has 0 aliphatic carbocycles. The molecule has 1 aromatic carbocycles. The predicted molar refractivity (Wildman–Crippen MR) is 61.8 cm³/mol. The molecule has 0 saturated carbocycles. The number of aromatic nitrogens is 1. The minimum absolute atomic E-state index is 0.803. The summed E-state index contributed by atoms with van der Waals surface area (Å²) in [5.41, 5.74) is 2.56. The first-order chi connectivity index (χ1) is 7.43. The topological polar surface area (TPSA) is 24.9 Å². The van der Waals surface area contributed by atoms with Gasteiger partial charge in [0, 0.05) is 11.6 Å². The zero-order chi connectivity index (χ0) is 10.1. The molecule has 76 valence electrons. The van der Waals surface area contributed by atoms with Crippen LogP contribution in [-0.4, -0.2) is 18.1 Å². The number of hydrogen-bond acceptors (Lipinski definition) is 2. The molecular formula is C13H14N2. The van der Waals surface area contributed by atoms with Crippen LogP contribution in [0.15, 0.2) is 36.5 Å². The van der Waals surface area contributed by atoms with Crippen molar-refractivity contribution < 1.29 is 0 Å². The lowest BCUT2D eigenvalue weighted by Gasteiger charge is -2.27. The number of nitrogens with one attached hydrogen (secondary N) is 1. The fourth-order valence-corrected chi connectivity index (χ4v) is 2.14. The molecule has 1 N–H and O–H groups in total. The molecule has 0 amide bonds. The summed E-state index contributed by atoms with van der Waals surface area (Å²) < 4.78 is 0. The van der Waals surface area contributed by atoms with E-state index in [1.807, 2.05) is 12.3 Å². The van der Waals surface area contributed by atoms with E-state index in [1.165, 1.54) is 16.5 Å². The lowest BCUT2D eigenvalue weighted by atomic mass is 9.93. The zero-order valence-electron chi connectivity index (χ0n) is 8.61. The number of benzene rings is 1. The van der Waals surface area contributed by atoms with E-state index in [0.29, 0.717) is 0 Å². The van der Waals surface area contributed by atoms with Crippen molar-refractivity contribution in [3.05, 3.63) is 42.1 Å². The first kappa shape index (κ1) is 8.86. The second-order valence-corrected chi connectivity index (χ2v) is 4.22. The van der Waals surface area contributed by atoms with Crippen LogP contribution in [-0.2, 0) is 6.42 Å². The van der Waals surface area contributed by atoms with Crippen LogP contribution in [0.1, 0.15) is 5.56 Å². The minimum atomic E-state index is 0.803. The fourth-order valence-electron chi connectivity index (χ4n) is 2.14. The average molecular weight is 198 g/mol. The predicted octanol–water partition coefficient (Wildman–Crippen LogP) is 2.00. The van der Waals surface area contributed by atoms with E-state index in [2.05, 4.69) is 34.6 Å². The van der Waals surface area contributed by atoms with Gasteiger partial charge in [-0.2, -0.15) is 0 Å². The van der Waals surface area contributed by atoms with Crippen LogP contribution in [0, 0.1) is 5.92 Å². The normalized spacial score (nSPS) is 16.5. The second-order valence-electron chi connectivity index (χ2n) is 4.22. The third kappa shape index (κ3) is 1.61. The lowest BCUT2D eigenvalue weighted by molar-refractivity contribution is 0.347. The summed E-state index contributed by atoms with van der Waals surface area (Å²) in [6, 6.07) is 10.6. The molecule has 1 aliphatic heterocycles. The zero-order valence-corrected chi connectivity index (χ0v) is 8.61. The molecule has 3 rings (SSSR count). The van der Waals surface area contributed by atoms with Crippen LogP contribution in [0.25, 0.3) is 10.9 Å². The molecule has 1 saturated heterocycles. The van der Waals surface area contributed by atoms with Crippen LogP contribution in [0.2, 0.25) is 0 Å². The number of rotatable bonds is 2. The summed E-state index contributed by atoms with van der Waals surface area (Å²) >= 11 is 0. The Labute approximate surface area is 89.3 Å². The van der Waals surface area contributed by atoms with Crippen molar-refractivity contribution in [2.24, 2.45) is 5.92 Å². The van der Waals surface area contributed by atoms with E-state index < -0.39 is 0 Å². The molecular weight excluding hydrogens is 184 g/mol. The Morgan fingerprint density at radius 2 is 2.07 bits per heavy atom. The van der Waals surface area contributed by atoms with Gasteiger partial charge in [-0.3, -0.25) is 4.98 Å². The monoisotopic (exact) mass is 198 g/mol. The number of para-hydroxylation sites is 1. The molecule has 2 aromatic rings. The van der Waals surface area contributed by atoms with E-state index in [-0.39, 0.29) is 0 Å². The molecule has 1 aromatic heterocycles. The van der Waals surface area contributed by atoms with Crippen LogP contribution in [0.4, 0.5) is 0 Å². The van der Waals surface area contributed by atoms with Gasteiger partial charge in [-0.1, -0.05) is 24.3 Å². The second kappa shape index (κ2) is 3.63. The van der Waals surface area contributed by atoms with Crippen molar-refractivity contribution >= 4 is 10.9 Å². The van der Waals surface area contributed by atoms with E-state index in [4.69, 9.17) is 0 Å². The van der Waals surface area contributed by atoms with Gasteiger partial charge in [0.2, 0.25) is 0 Å². The molecule has 1 fully saturated rings. The molecule has 1 aliphatic rings. The van der Waals surface area contributed by atoms with Gasteiger partial charge in [0.05, 0.1) is 5.52 Å². The van der Waals surface area contributed by atoms with Gasteiger partial charge >= 0.3 is 0 Å². The number of pyridine rings is 1. The summed E-state index contributed by atoms with van der Waals surface area (Å²) in [4.78, 5) is 4.47. The molecule has 0 spiro atoms. The largest absolute Gasteiger partial charge is 0.316 e. The van der Waals surface area contributed by atoms with Crippen molar-refractivity contribution in [2.75, 3.05) is 13.1 Å². The number of fused-ring (bicyclic) bond motifs is 1. The van der Waals surface area contributed by atoms with Gasteiger partial charge in [0.25, 0.3) is 0 Å². The van der Waals surface area contributed by atoms with Gasteiger partial charge < -0.3 is 5.32 Å². The maximum absolute atomic E-state index is 4.47. The molecule has 0 unspecified atom stereocenters. The van der Waals surface area contributed by atoms with Gasteiger partial charge in [-0.05, 0) is 37.1 Å². The molecule has 0 atom stereocenters. The number of hydrogen-bond donors (Lipinski definition) is 1. The molecule has 0 bridgehead atoms. The quantitative estimate of drug-likeness (QED) is 0.798. The first-order valence-corrected chi connectivity index (χ1v) is 5.47. The highest BCUT2D eigenvalue weighted by molar-refractivity contribution is 5.81. The van der Waals surface area contributed by atoms with E-state index >= 15 is 0 Å². The molecule has 2 nitrogen and oxygen atoms in total. The highest BCUT2D eigenvalue weighted by Gasteiger charge is 2.17. The minimum Gasteiger partial charge on any atom is -0.316 e. The molecule has 2 heterocycles. The van der Waals surface area contributed by atoms with Gasteiger partial charge in [-0.25, -0.2) is 0 Å². The van der Waals surface area contributed by atoms with Crippen LogP contribution in [0.3, 0.4) is 0 Å². The van der Waals surface area contributed by atoms with Crippen LogP contribution < -0.4 is 5.32 Å². The van der Waals surface area contributed by atoms with E-state index in [9.17, 15) is 0 Å². The van der Waals surface area contributed by atoms with Gasteiger partial charge in [-0.15, -0.1) is 0 Å². The highest BCUT2D eigenvalue weighted by atomic mass is 14.9. The van der Waals surface area contributed by atoms with Crippen molar-refractivity contribution in [1.29, 1.82) is 0 Å². The van der Waals surface area contributed by atoms with E-state index in [0.717, 1.165) is 25.4 Å². The molecule has 15 heavy (non-hydrogen) atoms. The fraction of sp³-hybridized carbons (Fsp3) is 0.308.